The molecule has 386 valence electrons. The maximum atomic E-state index is 12.5. The maximum Gasteiger partial charge on any atom is 0.333 e. The second-order valence-corrected chi connectivity index (χ2v) is 21.2. The Bertz CT molecular complexity index is 2720. The quantitative estimate of drug-likeness (QED) is 0.0434. The van der Waals surface area contributed by atoms with Gasteiger partial charge in [0.05, 0.1) is 72.7 Å². The van der Waals surface area contributed by atoms with E-state index in [0.717, 1.165) is 5.56 Å². The number of benzene rings is 2. The molecule has 0 spiro atoms. The average molecular weight is 1040 g/mol. The Morgan fingerprint density at radius 3 is 2.17 bits per heavy atom. The van der Waals surface area contributed by atoms with Crippen LogP contribution in [0.15, 0.2) is 75.9 Å². The number of carbonyl (C=O) groups is 3. The first-order valence-electron chi connectivity index (χ1n) is 22.7. The standard InChI is InChI=1S/C46H61N3O18S3/c1-46(19-7-31-68(53,54)55)39-34-37(70(59,60)61)13-15-40(39)48(21-5-3-4-11-45(52)67-49-43(50)16-17-44(49)51)42(46)10-6-9-35-18-23-66-41-33-36(12-14-38(35)41)47(20-8-32-69(56,57)58)22-24-63-27-28-65-30-29-64-26-25-62-2/h6,9-10,12-15,18,23,33-34H,3-5,7-8,11,16-17,19-22,24-32H2,1-2H3,(H2-,53,54,55,56,57,58,59,60,61)/p-1. The maximum absolute atomic E-state index is 12.5. The van der Waals surface area contributed by atoms with Crippen LogP contribution in [-0.2, 0) is 73.9 Å². The zero-order chi connectivity index (χ0) is 51.0. The molecular formula is C46H60N3O18S3-. The van der Waals surface area contributed by atoms with Crippen molar-refractivity contribution < 1.29 is 81.5 Å². The summed E-state index contributed by atoms with van der Waals surface area (Å²) in [7, 11) is -12.1. The molecule has 1 N–H and O–H groups in total. The van der Waals surface area contributed by atoms with Gasteiger partial charge in [0, 0.05) is 73.5 Å². The second kappa shape index (κ2) is 26.0. The molecule has 1 atom stereocenters. The van der Waals surface area contributed by atoms with Gasteiger partial charge in [0.25, 0.3) is 21.9 Å². The molecule has 1 unspecified atom stereocenters. The lowest BCUT2D eigenvalue weighted by molar-refractivity contribution is -0.197. The lowest BCUT2D eigenvalue weighted by Crippen LogP contribution is -2.35. The van der Waals surface area contributed by atoms with E-state index in [9.17, 15) is 53.3 Å². The van der Waals surface area contributed by atoms with Crippen molar-refractivity contribution in [1.82, 2.24) is 9.64 Å². The predicted molar refractivity (Wildman–Crippen MR) is 251 cm³/mol. The predicted octanol–water partition coefficient (Wildman–Crippen LogP) is 3.20. The van der Waals surface area contributed by atoms with Crippen LogP contribution in [0.25, 0.3) is 17.4 Å². The number of hydrogen-bond acceptors (Lipinski definition) is 18. The van der Waals surface area contributed by atoms with Gasteiger partial charge >= 0.3 is 5.97 Å². The minimum atomic E-state index is -4.91. The third kappa shape index (κ3) is 16.9. The second-order valence-electron chi connectivity index (χ2n) is 16.8. The van der Waals surface area contributed by atoms with E-state index < -0.39 is 70.0 Å². The van der Waals surface area contributed by atoms with Gasteiger partial charge in [-0.3, -0.25) is 14.1 Å². The van der Waals surface area contributed by atoms with Crippen LogP contribution >= 0.6 is 0 Å². The number of hydroxylamine groups is 2. The summed E-state index contributed by atoms with van der Waals surface area (Å²) in [6, 6.07) is 11.2. The molecule has 3 heterocycles. The van der Waals surface area contributed by atoms with E-state index in [4.69, 9.17) is 28.2 Å². The summed E-state index contributed by atoms with van der Waals surface area (Å²) in [4.78, 5) is 42.6. The van der Waals surface area contributed by atoms with E-state index in [2.05, 4.69) is 0 Å². The highest BCUT2D eigenvalue weighted by molar-refractivity contribution is 7.86. The molecule has 0 bridgehead atoms. The molecule has 24 heteroatoms. The number of hydrogen-bond donors (Lipinski definition) is 1. The van der Waals surface area contributed by atoms with Crippen LogP contribution in [0.4, 0.5) is 5.69 Å². The number of ether oxygens (including phenoxy) is 4. The van der Waals surface area contributed by atoms with Crippen molar-refractivity contribution in [3.05, 3.63) is 83.1 Å². The summed E-state index contributed by atoms with van der Waals surface area (Å²) >= 11 is 0. The molecule has 1 aliphatic carbocycles. The Balaban J connectivity index is 1.39. The van der Waals surface area contributed by atoms with Gasteiger partial charge in [0.2, 0.25) is 5.36 Å². The van der Waals surface area contributed by atoms with E-state index in [1.54, 1.807) is 38.3 Å². The fraction of sp³-hybridized carbons (Fsp3) is 0.522. The number of amides is 2. The zero-order valence-electron chi connectivity index (χ0n) is 39.2. The lowest BCUT2D eigenvalue weighted by Gasteiger charge is -2.31. The van der Waals surface area contributed by atoms with Crippen molar-refractivity contribution in [1.29, 1.82) is 0 Å². The number of rotatable bonds is 30. The first-order valence-corrected chi connectivity index (χ1v) is 27.3. The van der Waals surface area contributed by atoms with Gasteiger partial charge in [0.15, 0.2) is 6.54 Å². The Labute approximate surface area is 408 Å². The van der Waals surface area contributed by atoms with Gasteiger partial charge in [-0.2, -0.15) is 8.42 Å². The number of allylic oxidation sites excluding steroid dienone is 3. The molecule has 5 rings (SSSR count). The smallest absolute Gasteiger partial charge is 0.333 e. The number of anilines is 1. The molecule has 1 aromatic rings. The van der Waals surface area contributed by atoms with Crippen LogP contribution < -0.4 is 14.8 Å². The zero-order valence-corrected chi connectivity index (χ0v) is 41.6. The number of fused-ring (bicyclic) bond motifs is 2. The monoisotopic (exact) mass is 1040 g/mol. The Morgan fingerprint density at radius 2 is 1.51 bits per heavy atom. The molecule has 4 aliphatic rings. The van der Waals surface area contributed by atoms with E-state index >= 15 is 0 Å². The van der Waals surface area contributed by atoms with E-state index in [1.165, 1.54) is 24.5 Å². The Kier molecular flexibility index (Phi) is 20.8. The third-order valence-electron chi connectivity index (χ3n) is 11.7. The number of carbonyl (C=O) groups excluding carboxylic acids is 3. The van der Waals surface area contributed by atoms with Crippen molar-refractivity contribution in [3.8, 4) is 11.3 Å². The summed E-state index contributed by atoms with van der Waals surface area (Å²) in [6.07, 6.45) is 8.17. The van der Waals surface area contributed by atoms with Gasteiger partial charge in [-0.25, -0.2) is 26.2 Å². The molecule has 21 nitrogen and oxygen atoms in total. The molecule has 0 saturated carbocycles. The van der Waals surface area contributed by atoms with Crippen LogP contribution in [0.5, 0.6) is 0 Å². The number of nitrogens with zero attached hydrogens (tertiary/aromatic N) is 3. The summed E-state index contributed by atoms with van der Waals surface area (Å²) in [5.41, 5.74) is 1.94. The van der Waals surface area contributed by atoms with Gasteiger partial charge in [-0.15, -0.1) is 5.06 Å². The molecule has 0 radical (unpaired) electrons. The summed E-state index contributed by atoms with van der Waals surface area (Å²) in [5.74, 6) is -2.54. The summed E-state index contributed by atoms with van der Waals surface area (Å²) in [6.45, 7) is 5.47. The molecule has 2 amide bonds. The van der Waals surface area contributed by atoms with Gasteiger partial charge in [-0.1, -0.05) is 18.6 Å². The topological polar surface area (TPSA) is 289 Å². The van der Waals surface area contributed by atoms with Crippen LogP contribution in [0.2, 0.25) is 0 Å². The highest BCUT2D eigenvalue weighted by atomic mass is 32.2. The van der Waals surface area contributed by atoms with Crippen molar-refractivity contribution in [2.24, 2.45) is 0 Å². The summed E-state index contributed by atoms with van der Waals surface area (Å²) < 4.78 is 134. The van der Waals surface area contributed by atoms with Crippen molar-refractivity contribution in [2.75, 3.05) is 89.4 Å². The Hall–Kier alpha value is -4.89. The molecule has 0 aromatic heterocycles. The third-order valence-corrected chi connectivity index (χ3v) is 14.1. The fourth-order valence-electron chi connectivity index (χ4n) is 8.18. The van der Waals surface area contributed by atoms with Crippen LogP contribution in [-0.4, -0.2) is 146 Å². The minimum absolute atomic E-state index is 0.0329. The SMILES string of the molecule is COCCOCCOCCOCC[N+](CCCS(=O)(=O)O)=c1ccc2c(/C=C/C=C3/N(CCCCCC(=O)ON4C(=O)CCC4=O)c4ccc(S(=O)(=O)[O-])cc4C3(C)CCCS(=O)(=O)[O-])ccoc-2c1. The van der Waals surface area contributed by atoms with Gasteiger partial charge in [0.1, 0.15) is 29.0 Å². The molecule has 70 heavy (non-hydrogen) atoms. The number of methoxy groups -OCH3 is 1. The number of imide groups is 1. The highest BCUT2D eigenvalue weighted by Crippen LogP contribution is 2.51. The summed E-state index contributed by atoms with van der Waals surface area (Å²) in [5, 5.41) is 1.19. The fourth-order valence-corrected chi connectivity index (χ4v) is 9.67. The average Bonchev–Trinajstić information content (AvgIpc) is 3.72. The van der Waals surface area contributed by atoms with Crippen molar-refractivity contribution in [2.45, 2.75) is 75.0 Å². The van der Waals surface area contributed by atoms with E-state index in [0.29, 0.717) is 111 Å². The van der Waals surface area contributed by atoms with E-state index in [1.807, 2.05) is 27.7 Å². The molecule has 1 saturated heterocycles. The molecule has 1 aromatic carbocycles. The largest absolute Gasteiger partial charge is 0.748 e. The minimum Gasteiger partial charge on any atom is -0.748 e. The number of unbranched alkanes of at least 4 members (excludes halogenated alkanes) is 2. The Morgan fingerprint density at radius 1 is 0.829 bits per heavy atom. The molecular weight excluding hydrogens is 979 g/mol. The molecule has 1 fully saturated rings. The van der Waals surface area contributed by atoms with Gasteiger partial charge < -0.3 is 42.2 Å². The van der Waals surface area contributed by atoms with Crippen LogP contribution in [0.3, 0.4) is 0 Å². The van der Waals surface area contributed by atoms with Crippen LogP contribution in [0.1, 0.15) is 75.8 Å². The molecule has 3 aliphatic heterocycles. The lowest BCUT2D eigenvalue weighted by atomic mass is 9.77. The first kappa shape index (κ1) is 56.0. The van der Waals surface area contributed by atoms with Crippen molar-refractivity contribution in [3.63, 3.8) is 0 Å². The highest BCUT2D eigenvalue weighted by Gasteiger charge is 2.43. The van der Waals surface area contributed by atoms with Crippen LogP contribution in [0, 0.1) is 0 Å². The first-order chi connectivity index (χ1) is 33.2. The van der Waals surface area contributed by atoms with Gasteiger partial charge in [-0.05, 0) is 80.1 Å². The normalized spacial score (nSPS) is 17.6. The van der Waals surface area contributed by atoms with Crippen molar-refractivity contribution >= 4 is 59.9 Å². The van der Waals surface area contributed by atoms with E-state index in [-0.39, 0.29) is 51.7 Å².